The van der Waals surface area contributed by atoms with Gasteiger partial charge in [0.1, 0.15) is 11.9 Å². The minimum Gasteiger partial charge on any atom is -0.359 e. The Morgan fingerprint density at radius 3 is 2.79 bits per heavy atom. The zero-order valence-corrected chi connectivity index (χ0v) is 17.6. The number of likely N-dealkylation sites (N-methyl/N-ethyl adjacent to an activating group) is 1. The quantitative estimate of drug-likeness (QED) is 0.813. The third kappa shape index (κ3) is 5.04. The van der Waals surface area contributed by atoms with Crippen molar-refractivity contribution in [3.05, 3.63) is 58.0 Å². The zero-order chi connectivity index (χ0) is 20.3. The van der Waals surface area contributed by atoms with Crippen molar-refractivity contribution >= 4 is 17.2 Å². The third-order valence-corrected chi connectivity index (χ3v) is 6.73. The lowest BCUT2D eigenvalue weighted by atomic mass is 9.88. The van der Waals surface area contributed by atoms with E-state index in [2.05, 4.69) is 22.2 Å². The second kappa shape index (κ2) is 8.92. The van der Waals surface area contributed by atoms with Crippen LogP contribution in [0.1, 0.15) is 23.3 Å². The summed E-state index contributed by atoms with van der Waals surface area (Å²) in [5.74, 6) is -0.193. The van der Waals surface area contributed by atoms with Crippen LogP contribution in [0.5, 0.6) is 0 Å². The molecule has 156 valence electrons. The van der Waals surface area contributed by atoms with Gasteiger partial charge in [-0.2, -0.15) is 0 Å². The summed E-state index contributed by atoms with van der Waals surface area (Å²) < 4.78 is 20.3. The van der Waals surface area contributed by atoms with Gasteiger partial charge in [0.05, 0.1) is 12.1 Å². The molecule has 1 spiro atoms. The molecule has 2 aromatic rings. The van der Waals surface area contributed by atoms with Crippen molar-refractivity contribution in [1.29, 1.82) is 0 Å². The van der Waals surface area contributed by atoms with Crippen molar-refractivity contribution in [1.82, 2.24) is 15.1 Å². The first-order valence-electron chi connectivity index (χ1n) is 10.2. The van der Waals surface area contributed by atoms with Gasteiger partial charge in [-0.3, -0.25) is 9.69 Å². The van der Waals surface area contributed by atoms with Crippen LogP contribution >= 0.6 is 11.3 Å². The molecule has 1 atom stereocenters. The number of hydrogen-bond acceptors (Lipinski definition) is 5. The minimum absolute atomic E-state index is 0.0434. The predicted molar refractivity (Wildman–Crippen MR) is 112 cm³/mol. The van der Waals surface area contributed by atoms with Crippen LogP contribution in [0.3, 0.4) is 0 Å². The fourth-order valence-electron chi connectivity index (χ4n) is 4.32. The largest absolute Gasteiger partial charge is 0.359 e. The number of nitrogens with zero attached hydrogens (tertiary/aromatic N) is 2. The first kappa shape index (κ1) is 20.5. The zero-order valence-electron chi connectivity index (χ0n) is 16.8. The van der Waals surface area contributed by atoms with Crippen LogP contribution in [-0.2, 0) is 22.6 Å². The molecular formula is C22H28FN3O2S. The number of carbonyl (C=O) groups is 1. The molecule has 2 aliphatic rings. The van der Waals surface area contributed by atoms with E-state index in [1.807, 2.05) is 29.6 Å². The van der Waals surface area contributed by atoms with Crippen molar-refractivity contribution in [3.8, 4) is 0 Å². The number of thiophene rings is 1. The Kier molecular flexibility index (Phi) is 6.29. The van der Waals surface area contributed by atoms with Crippen LogP contribution in [0.4, 0.5) is 4.39 Å². The summed E-state index contributed by atoms with van der Waals surface area (Å²) in [6.07, 6.45) is 1.24. The van der Waals surface area contributed by atoms with Gasteiger partial charge in [0.25, 0.3) is 5.91 Å². The summed E-state index contributed by atoms with van der Waals surface area (Å²) >= 11 is 1.64. The van der Waals surface area contributed by atoms with Crippen LogP contribution in [0.25, 0.3) is 0 Å². The first-order chi connectivity index (χ1) is 14.0. The lowest BCUT2D eigenvalue weighted by molar-refractivity contribution is -0.182. The smallest absolute Gasteiger partial charge is 0.250 e. The molecular weight excluding hydrogens is 389 g/mol. The Morgan fingerprint density at radius 1 is 1.28 bits per heavy atom. The van der Waals surface area contributed by atoms with E-state index in [-0.39, 0.29) is 17.3 Å². The highest BCUT2D eigenvalue weighted by atomic mass is 32.1. The van der Waals surface area contributed by atoms with Crippen LogP contribution < -0.4 is 5.32 Å². The molecule has 3 heterocycles. The molecule has 1 amide bonds. The van der Waals surface area contributed by atoms with Crippen LogP contribution in [0.2, 0.25) is 0 Å². The fourth-order valence-corrected chi connectivity index (χ4v) is 4.96. The van der Waals surface area contributed by atoms with Gasteiger partial charge in [0, 0.05) is 43.2 Å². The van der Waals surface area contributed by atoms with Gasteiger partial charge in [0.15, 0.2) is 0 Å². The molecule has 0 saturated carbocycles. The Labute approximate surface area is 175 Å². The second-order valence-corrected chi connectivity index (χ2v) is 9.18. The summed E-state index contributed by atoms with van der Waals surface area (Å²) in [6.45, 7) is 4.27. The molecule has 1 unspecified atom stereocenters. The van der Waals surface area contributed by atoms with Crippen LogP contribution in [0, 0.1) is 5.82 Å². The molecule has 0 bridgehead atoms. The first-order valence-corrected chi connectivity index (χ1v) is 11.0. The number of halogens is 1. The van der Waals surface area contributed by atoms with Gasteiger partial charge < -0.3 is 15.0 Å². The van der Waals surface area contributed by atoms with Crippen LogP contribution in [0.15, 0.2) is 41.8 Å². The van der Waals surface area contributed by atoms with E-state index in [4.69, 9.17) is 4.74 Å². The average molecular weight is 418 g/mol. The Bertz CT molecular complexity index is 821. The van der Waals surface area contributed by atoms with E-state index in [1.165, 1.54) is 6.07 Å². The topological polar surface area (TPSA) is 44.8 Å². The SMILES string of the molecule is CN1CC(C(=O)NCc2cccs2)OC2(CCN(Cc3ccccc3F)CC2)C1. The highest BCUT2D eigenvalue weighted by Gasteiger charge is 2.44. The second-order valence-electron chi connectivity index (χ2n) is 8.15. The molecule has 2 saturated heterocycles. The number of carbonyl (C=O) groups excluding carboxylic acids is 1. The van der Waals surface area contributed by atoms with E-state index < -0.39 is 6.10 Å². The highest BCUT2D eigenvalue weighted by Crippen LogP contribution is 2.32. The summed E-state index contributed by atoms with van der Waals surface area (Å²) in [5, 5.41) is 5.02. The monoisotopic (exact) mass is 417 g/mol. The van der Waals surface area contributed by atoms with Gasteiger partial charge in [-0.15, -0.1) is 11.3 Å². The van der Waals surface area contributed by atoms with Gasteiger partial charge in [0.2, 0.25) is 0 Å². The molecule has 29 heavy (non-hydrogen) atoms. The third-order valence-electron chi connectivity index (χ3n) is 5.86. The van der Waals surface area contributed by atoms with Gasteiger partial charge >= 0.3 is 0 Å². The Morgan fingerprint density at radius 2 is 2.07 bits per heavy atom. The predicted octanol–water partition coefficient (Wildman–Crippen LogP) is 2.87. The number of ether oxygens (including phenoxy) is 1. The maximum atomic E-state index is 14.0. The summed E-state index contributed by atoms with van der Waals surface area (Å²) in [7, 11) is 2.05. The molecule has 0 aliphatic carbocycles. The summed E-state index contributed by atoms with van der Waals surface area (Å²) in [5.41, 5.74) is 0.430. The molecule has 1 aromatic heterocycles. The molecule has 2 fully saturated rings. The number of piperidine rings is 1. The number of amides is 1. The molecule has 1 aromatic carbocycles. The standard InChI is InChI=1S/C22H28FN3O2S/c1-25-15-20(21(27)24-13-18-6-4-12-29-18)28-22(16-25)8-10-26(11-9-22)14-17-5-2-3-7-19(17)23/h2-7,12,20H,8-11,13-16H2,1H3,(H,24,27). The molecule has 5 nitrogen and oxygen atoms in total. The summed E-state index contributed by atoms with van der Waals surface area (Å²) in [6, 6.07) is 11.0. The van der Waals surface area contributed by atoms with Crippen molar-refractivity contribution < 1.29 is 13.9 Å². The van der Waals surface area contributed by atoms with Gasteiger partial charge in [-0.1, -0.05) is 24.3 Å². The van der Waals surface area contributed by atoms with Gasteiger partial charge in [-0.05, 0) is 37.4 Å². The Balaban J connectivity index is 1.33. The van der Waals surface area contributed by atoms with E-state index in [9.17, 15) is 9.18 Å². The molecule has 2 aliphatic heterocycles. The van der Waals surface area contributed by atoms with E-state index >= 15 is 0 Å². The van der Waals surface area contributed by atoms with Gasteiger partial charge in [-0.25, -0.2) is 4.39 Å². The fraction of sp³-hybridized carbons (Fsp3) is 0.500. The lowest BCUT2D eigenvalue weighted by Gasteiger charge is -2.48. The van der Waals surface area contributed by atoms with Crippen molar-refractivity contribution in [2.75, 3.05) is 33.2 Å². The van der Waals surface area contributed by atoms with E-state index in [0.717, 1.165) is 42.9 Å². The Hall–Kier alpha value is -1.80. The number of likely N-dealkylation sites (tertiary alicyclic amines) is 1. The van der Waals surface area contributed by atoms with E-state index in [1.54, 1.807) is 17.4 Å². The minimum atomic E-state index is -0.452. The van der Waals surface area contributed by atoms with E-state index in [0.29, 0.717) is 19.6 Å². The van der Waals surface area contributed by atoms with Crippen LogP contribution in [-0.4, -0.2) is 60.6 Å². The van der Waals surface area contributed by atoms with Crippen molar-refractivity contribution in [2.45, 2.75) is 37.6 Å². The number of benzene rings is 1. The maximum Gasteiger partial charge on any atom is 0.250 e. The number of hydrogen-bond donors (Lipinski definition) is 1. The normalized spacial score (nSPS) is 22.6. The average Bonchev–Trinajstić information content (AvgIpc) is 3.23. The molecule has 7 heteroatoms. The number of nitrogens with one attached hydrogen (secondary N) is 1. The van der Waals surface area contributed by atoms with Crippen molar-refractivity contribution in [3.63, 3.8) is 0 Å². The summed E-state index contributed by atoms with van der Waals surface area (Å²) in [4.78, 5) is 18.3. The number of rotatable bonds is 5. The maximum absolute atomic E-state index is 14.0. The molecule has 0 radical (unpaired) electrons. The molecule has 4 rings (SSSR count). The number of morpholine rings is 1. The molecule has 1 N–H and O–H groups in total. The highest BCUT2D eigenvalue weighted by molar-refractivity contribution is 7.09. The van der Waals surface area contributed by atoms with Crippen molar-refractivity contribution in [2.24, 2.45) is 0 Å². The lowest BCUT2D eigenvalue weighted by Crippen LogP contribution is -2.61.